The Morgan fingerprint density at radius 3 is 2.60 bits per heavy atom. The van der Waals surface area contributed by atoms with Crippen molar-refractivity contribution in [2.45, 2.75) is 32.2 Å². The summed E-state index contributed by atoms with van der Waals surface area (Å²) >= 11 is 0. The fraction of sp³-hybridized carbons (Fsp3) is 0.286. The largest absolute Gasteiger partial charge is 0.546 e. The molecule has 0 saturated heterocycles. The molecule has 0 N–H and O–H groups in total. The second-order valence-electron chi connectivity index (χ2n) is 6.16. The minimum absolute atomic E-state index is 0.427. The summed E-state index contributed by atoms with van der Waals surface area (Å²) in [5.74, 6) is -0.626. The van der Waals surface area contributed by atoms with Crippen molar-refractivity contribution in [2.24, 2.45) is 0 Å². The first-order valence-corrected chi connectivity index (χ1v) is 8.68. The van der Waals surface area contributed by atoms with E-state index in [0.717, 1.165) is 30.3 Å². The number of aryl methyl sites for hydroxylation is 2. The zero-order valence-corrected chi connectivity index (χ0v) is 14.2. The van der Waals surface area contributed by atoms with Gasteiger partial charge in [0.25, 0.3) is 0 Å². The Bertz CT molecular complexity index is 824. The Kier molecular flexibility index (Phi) is 5.73. The van der Waals surface area contributed by atoms with E-state index in [1.807, 2.05) is 30.5 Å². The van der Waals surface area contributed by atoms with Crippen LogP contribution in [0.5, 0.6) is 5.75 Å². The zero-order chi connectivity index (χ0) is 17.5. The van der Waals surface area contributed by atoms with E-state index in [1.54, 1.807) is 6.07 Å². The Balaban J connectivity index is 1.53. The summed E-state index contributed by atoms with van der Waals surface area (Å²) in [6.07, 6.45) is 6.63. The molecule has 1 aromatic heterocycles. The van der Waals surface area contributed by atoms with Gasteiger partial charge in [0.2, 0.25) is 0 Å². The van der Waals surface area contributed by atoms with Crippen LogP contribution in [0.1, 0.15) is 24.8 Å². The number of unbranched alkanes of at least 4 members (excludes halogenated alkanes) is 2. The summed E-state index contributed by atoms with van der Waals surface area (Å²) in [5, 5.41) is 11.5. The Morgan fingerprint density at radius 1 is 0.960 bits per heavy atom. The third kappa shape index (κ3) is 4.63. The quantitative estimate of drug-likeness (QED) is 0.564. The molecule has 1 heterocycles. The van der Waals surface area contributed by atoms with Crippen LogP contribution in [0, 0.1) is 0 Å². The van der Waals surface area contributed by atoms with Gasteiger partial charge in [-0.1, -0.05) is 42.8 Å². The molecule has 4 heteroatoms. The molecule has 0 saturated carbocycles. The molecule has 0 spiro atoms. The molecule has 0 unspecified atom stereocenters. The second-order valence-corrected chi connectivity index (χ2v) is 6.16. The molecule has 0 amide bonds. The molecule has 25 heavy (non-hydrogen) atoms. The molecule has 0 bridgehead atoms. The van der Waals surface area contributed by atoms with Crippen LogP contribution < -0.4 is 9.84 Å². The number of fused-ring (bicyclic) bond motifs is 1. The van der Waals surface area contributed by atoms with Gasteiger partial charge in [-0.2, -0.15) is 0 Å². The molecule has 3 aromatic rings. The molecule has 130 valence electrons. The third-order valence-electron chi connectivity index (χ3n) is 4.33. The Morgan fingerprint density at radius 2 is 1.80 bits per heavy atom. The highest BCUT2D eigenvalue weighted by Gasteiger charge is 2.06. The molecular weight excluding hydrogens is 314 g/mol. The van der Waals surface area contributed by atoms with Crippen LogP contribution in [0.15, 0.2) is 60.8 Å². The van der Waals surface area contributed by atoms with E-state index in [-0.39, 0.29) is 0 Å². The maximum Gasteiger partial charge on any atom is 0.129 e. The van der Waals surface area contributed by atoms with Gasteiger partial charge in [-0.05, 0) is 43.0 Å². The van der Waals surface area contributed by atoms with Crippen molar-refractivity contribution in [3.05, 3.63) is 66.4 Å². The van der Waals surface area contributed by atoms with Crippen LogP contribution in [0.3, 0.4) is 0 Å². The molecule has 2 aromatic carbocycles. The zero-order valence-electron chi connectivity index (χ0n) is 14.2. The minimum atomic E-state index is -1.21. The lowest BCUT2D eigenvalue weighted by Gasteiger charge is -2.09. The standard InChI is InChI=1S/C21H23NO3/c23-21(24)16-25-20-12-7-11-19-18(20)13-15-22(19)14-6-2-5-10-17-8-3-1-4-9-17/h1,3-4,7-9,11-13,15H,2,5-6,10,14,16H2,(H,23,24)/p-1. The van der Waals surface area contributed by atoms with Gasteiger partial charge in [0.15, 0.2) is 0 Å². The lowest BCUT2D eigenvalue weighted by Crippen LogP contribution is -2.28. The minimum Gasteiger partial charge on any atom is -0.546 e. The Hall–Kier alpha value is -2.75. The summed E-state index contributed by atoms with van der Waals surface area (Å²) < 4.78 is 7.51. The number of carbonyl (C=O) groups excluding carboxylic acids is 1. The van der Waals surface area contributed by atoms with E-state index < -0.39 is 12.6 Å². The van der Waals surface area contributed by atoms with Crippen LogP contribution in [-0.2, 0) is 17.8 Å². The molecule has 0 aliphatic rings. The highest BCUT2D eigenvalue weighted by molar-refractivity contribution is 5.86. The first-order valence-electron chi connectivity index (χ1n) is 8.68. The van der Waals surface area contributed by atoms with Gasteiger partial charge in [0.05, 0.1) is 11.5 Å². The highest BCUT2D eigenvalue weighted by Crippen LogP contribution is 2.27. The monoisotopic (exact) mass is 336 g/mol. The number of rotatable bonds is 9. The van der Waals surface area contributed by atoms with Gasteiger partial charge in [-0.15, -0.1) is 0 Å². The van der Waals surface area contributed by atoms with E-state index in [1.165, 1.54) is 18.4 Å². The maximum atomic E-state index is 10.6. The normalized spacial score (nSPS) is 10.9. The molecule has 3 rings (SSSR count). The van der Waals surface area contributed by atoms with Crippen molar-refractivity contribution in [3.8, 4) is 5.75 Å². The number of aromatic nitrogens is 1. The number of hydrogen-bond acceptors (Lipinski definition) is 3. The molecule has 0 aliphatic carbocycles. The van der Waals surface area contributed by atoms with Crippen molar-refractivity contribution in [2.75, 3.05) is 6.61 Å². The average molecular weight is 336 g/mol. The van der Waals surface area contributed by atoms with Gasteiger partial charge in [-0.3, -0.25) is 0 Å². The van der Waals surface area contributed by atoms with Crippen molar-refractivity contribution >= 4 is 16.9 Å². The summed E-state index contributed by atoms with van der Waals surface area (Å²) in [5.41, 5.74) is 2.46. The summed E-state index contributed by atoms with van der Waals surface area (Å²) in [6.45, 7) is 0.520. The molecule has 0 fully saturated rings. The molecule has 4 nitrogen and oxygen atoms in total. The number of carbonyl (C=O) groups is 1. The van der Waals surface area contributed by atoms with Gasteiger partial charge in [-0.25, -0.2) is 0 Å². The molecule has 0 atom stereocenters. The van der Waals surface area contributed by atoms with Crippen molar-refractivity contribution < 1.29 is 14.6 Å². The topological polar surface area (TPSA) is 54.3 Å². The van der Waals surface area contributed by atoms with E-state index >= 15 is 0 Å². The number of benzene rings is 2. The molecular formula is C21H22NO3-. The summed E-state index contributed by atoms with van der Waals surface area (Å²) in [6, 6.07) is 18.2. The second kappa shape index (κ2) is 8.38. The predicted molar refractivity (Wildman–Crippen MR) is 96.4 cm³/mol. The third-order valence-corrected chi connectivity index (χ3v) is 4.33. The van der Waals surface area contributed by atoms with E-state index in [4.69, 9.17) is 4.74 Å². The first-order chi connectivity index (χ1) is 12.2. The van der Waals surface area contributed by atoms with Gasteiger partial charge >= 0.3 is 0 Å². The fourth-order valence-electron chi connectivity index (χ4n) is 3.09. The number of hydrogen-bond donors (Lipinski definition) is 0. The lowest BCUT2D eigenvalue weighted by atomic mass is 10.1. The predicted octanol–water partition coefficient (Wildman–Crippen LogP) is 3.18. The smallest absolute Gasteiger partial charge is 0.129 e. The van der Waals surface area contributed by atoms with E-state index in [0.29, 0.717) is 5.75 Å². The van der Waals surface area contributed by atoms with Crippen LogP contribution >= 0.6 is 0 Å². The number of aliphatic carboxylic acids is 1. The highest BCUT2D eigenvalue weighted by atomic mass is 16.5. The number of carboxylic acid groups (broad SMARTS) is 1. The van der Waals surface area contributed by atoms with Crippen molar-refractivity contribution in [1.82, 2.24) is 4.57 Å². The summed E-state index contributed by atoms with van der Waals surface area (Å²) in [7, 11) is 0. The molecule has 0 radical (unpaired) electrons. The van der Waals surface area contributed by atoms with Crippen LogP contribution in [0.4, 0.5) is 0 Å². The fourth-order valence-corrected chi connectivity index (χ4v) is 3.09. The summed E-state index contributed by atoms with van der Waals surface area (Å²) in [4.78, 5) is 10.6. The van der Waals surface area contributed by atoms with Crippen molar-refractivity contribution in [3.63, 3.8) is 0 Å². The first kappa shape index (κ1) is 17.1. The maximum absolute atomic E-state index is 10.6. The van der Waals surface area contributed by atoms with Crippen LogP contribution in [-0.4, -0.2) is 17.1 Å². The van der Waals surface area contributed by atoms with Crippen LogP contribution in [0.2, 0.25) is 0 Å². The SMILES string of the molecule is O=C([O-])COc1cccc2c1ccn2CCCCCc1ccccc1. The average Bonchev–Trinajstić information content (AvgIpc) is 3.04. The van der Waals surface area contributed by atoms with Crippen LogP contribution in [0.25, 0.3) is 10.9 Å². The van der Waals surface area contributed by atoms with Crippen molar-refractivity contribution in [1.29, 1.82) is 0 Å². The lowest BCUT2D eigenvalue weighted by molar-refractivity contribution is -0.307. The van der Waals surface area contributed by atoms with E-state index in [2.05, 4.69) is 28.8 Å². The Labute approximate surface area is 147 Å². The van der Waals surface area contributed by atoms with Gasteiger partial charge in [0.1, 0.15) is 12.4 Å². The number of carboxylic acids is 1. The van der Waals surface area contributed by atoms with Gasteiger partial charge in [0, 0.05) is 18.1 Å². The number of nitrogens with zero attached hydrogens (tertiary/aromatic N) is 1. The van der Waals surface area contributed by atoms with Gasteiger partial charge < -0.3 is 19.2 Å². The van der Waals surface area contributed by atoms with E-state index in [9.17, 15) is 9.90 Å². The molecule has 0 aliphatic heterocycles. The number of ether oxygens (including phenoxy) is 1.